The van der Waals surface area contributed by atoms with Crippen molar-refractivity contribution in [1.29, 1.82) is 0 Å². The van der Waals surface area contributed by atoms with Gasteiger partial charge in [0, 0.05) is 26.7 Å². The van der Waals surface area contributed by atoms with Crippen LogP contribution in [0.3, 0.4) is 0 Å². The van der Waals surface area contributed by atoms with Crippen LogP contribution in [-0.4, -0.2) is 53.1 Å². The van der Waals surface area contributed by atoms with Gasteiger partial charge in [-0.05, 0) is 12.8 Å². The van der Waals surface area contributed by atoms with Gasteiger partial charge in [0.2, 0.25) is 0 Å². The van der Waals surface area contributed by atoms with E-state index in [0.717, 1.165) is 39.1 Å². The Bertz CT molecular complexity index is 319. The quantitative estimate of drug-likeness (QED) is 0.826. The lowest BCUT2D eigenvalue weighted by Crippen LogP contribution is -2.36. The topological polar surface area (TPSA) is 50.5 Å². The number of hydrogen-bond donors (Lipinski definition) is 1. The molecule has 1 saturated heterocycles. The fraction of sp³-hybridized carbons (Fsp3) is 0.727. The molecule has 1 N–H and O–H groups in total. The molecule has 0 atom stereocenters. The summed E-state index contributed by atoms with van der Waals surface area (Å²) in [5, 5.41) is 13.4. The Morgan fingerprint density at radius 1 is 1.50 bits per heavy atom. The molecular formula is C11H19N3O2. The van der Waals surface area contributed by atoms with Crippen LogP contribution in [0, 0.1) is 0 Å². The van der Waals surface area contributed by atoms with Gasteiger partial charge in [0.1, 0.15) is 0 Å². The first kappa shape index (κ1) is 11.4. The highest BCUT2D eigenvalue weighted by atomic mass is 16.5. The monoisotopic (exact) mass is 225 g/mol. The fourth-order valence-corrected chi connectivity index (χ4v) is 2.16. The Morgan fingerprint density at radius 3 is 2.81 bits per heavy atom. The van der Waals surface area contributed by atoms with Crippen molar-refractivity contribution in [2.75, 3.05) is 33.4 Å². The summed E-state index contributed by atoms with van der Waals surface area (Å²) in [5.74, 6) is 0.252. The van der Waals surface area contributed by atoms with E-state index in [1.807, 2.05) is 4.68 Å². The molecule has 1 aromatic rings. The van der Waals surface area contributed by atoms with Crippen LogP contribution in [0.25, 0.3) is 0 Å². The Kier molecular flexibility index (Phi) is 3.79. The van der Waals surface area contributed by atoms with Gasteiger partial charge in [0.15, 0.2) is 5.75 Å². The summed E-state index contributed by atoms with van der Waals surface area (Å²) in [7, 11) is 1.74. The molecule has 16 heavy (non-hydrogen) atoms. The van der Waals surface area contributed by atoms with Crippen LogP contribution in [0.5, 0.6) is 5.75 Å². The molecular weight excluding hydrogens is 206 g/mol. The maximum atomic E-state index is 9.24. The van der Waals surface area contributed by atoms with Crippen LogP contribution >= 0.6 is 0 Å². The SMILES string of the molecule is COCCN1CCC(n2cc(O)cn2)CC1. The largest absolute Gasteiger partial charge is 0.505 e. The van der Waals surface area contributed by atoms with Crippen molar-refractivity contribution < 1.29 is 9.84 Å². The number of rotatable bonds is 4. The molecule has 0 aromatic carbocycles. The number of hydrogen-bond acceptors (Lipinski definition) is 4. The Balaban J connectivity index is 1.81. The van der Waals surface area contributed by atoms with Gasteiger partial charge >= 0.3 is 0 Å². The van der Waals surface area contributed by atoms with E-state index in [1.165, 1.54) is 6.20 Å². The lowest BCUT2D eigenvalue weighted by atomic mass is 10.1. The highest BCUT2D eigenvalue weighted by Crippen LogP contribution is 2.22. The normalized spacial score (nSPS) is 19.1. The second kappa shape index (κ2) is 5.32. The number of aromatic nitrogens is 2. The van der Waals surface area contributed by atoms with E-state index in [-0.39, 0.29) is 5.75 Å². The molecule has 2 rings (SSSR count). The molecule has 1 fully saturated rings. The molecule has 90 valence electrons. The van der Waals surface area contributed by atoms with Gasteiger partial charge in [0.25, 0.3) is 0 Å². The molecule has 5 heteroatoms. The highest BCUT2D eigenvalue weighted by molar-refractivity contribution is 5.09. The third-order valence-electron chi connectivity index (χ3n) is 3.13. The van der Waals surface area contributed by atoms with Crippen LogP contribution in [-0.2, 0) is 4.74 Å². The molecule has 1 aliphatic rings. The van der Waals surface area contributed by atoms with Crippen LogP contribution in [0.4, 0.5) is 0 Å². The predicted octanol–water partition coefficient (Wildman–Crippen LogP) is 0.872. The summed E-state index contributed by atoms with van der Waals surface area (Å²) in [6.45, 7) is 3.96. The van der Waals surface area contributed by atoms with Crippen molar-refractivity contribution in [1.82, 2.24) is 14.7 Å². The van der Waals surface area contributed by atoms with Gasteiger partial charge in [-0.2, -0.15) is 5.10 Å². The smallest absolute Gasteiger partial charge is 0.153 e. The van der Waals surface area contributed by atoms with Gasteiger partial charge in [-0.3, -0.25) is 4.68 Å². The number of likely N-dealkylation sites (tertiary alicyclic amines) is 1. The van der Waals surface area contributed by atoms with Crippen LogP contribution in [0.2, 0.25) is 0 Å². The Labute approximate surface area is 95.6 Å². The minimum absolute atomic E-state index is 0.252. The zero-order valence-corrected chi connectivity index (χ0v) is 9.67. The van der Waals surface area contributed by atoms with Crippen molar-refractivity contribution >= 4 is 0 Å². The van der Waals surface area contributed by atoms with Gasteiger partial charge in [-0.25, -0.2) is 0 Å². The second-order valence-corrected chi connectivity index (χ2v) is 4.24. The lowest BCUT2D eigenvalue weighted by Gasteiger charge is -2.31. The van der Waals surface area contributed by atoms with E-state index in [1.54, 1.807) is 13.3 Å². The van der Waals surface area contributed by atoms with E-state index in [2.05, 4.69) is 10.00 Å². The number of ether oxygens (including phenoxy) is 1. The number of aromatic hydroxyl groups is 1. The molecule has 1 aliphatic heterocycles. The number of methoxy groups -OCH3 is 1. The minimum atomic E-state index is 0.252. The van der Waals surface area contributed by atoms with Crippen molar-refractivity contribution in [3.8, 4) is 5.75 Å². The molecule has 0 amide bonds. The fourth-order valence-electron chi connectivity index (χ4n) is 2.16. The summed E-state index contributed by atoms with van der Waals surface area (Å²) in [6, 6.07) is 0.430. The standard InChI is InChI=1S/C11H19N3O2/c1-16-7-6-13-4-2-10(3-5-13)14-9-11(15)8-12-14/h8-10,15H,2-7H2,1H3. The summed E-state index contributed by atoms with van der Waals surface area (Å²) < 4.78 is 6.95. The van der Waals surface area contributed by atoms with E-state index >= 15 is 0 Å². The summed E-state index contributed by atoms with van der Waals surface area (Å²) in [6.07, 6.45) is 5.38. The van der Waals surface area contributed by atoms with E-state index in [4.69, 9.17) is 4.74 Å². The zero-order valence-electron chi connectivity index (χ0n) is 9.67. The molecule has 0 radical (unpaired) electrons. The predicted molar refractivity (Wildman–Crippen MR) is 60.5 cm³/mol. The van der Waals surface area contributed by atoms with Crippen LogP contribution in [0.1, 0.15) is 18.9 Å². The van der Waals surface area contributed by atoms with Crippen molar-refractivity contribution in [3.05, 3.63) is 12.4 Å². The molecule has 1 aromatic heterocycles. The summed E-state index contributed by atoms with van der Waals surface area (Å²) in [4.78, 5) is 2.41. The van der Waals surface area contributed by atoms with E-state index in [9.17, 15) is 5.11 Å². The highest BCUT2D eigenvalue weighted by Gasteiger charge is 2.20. The van der Waals surface area contributed by atoms with E-state index in [0.29, 0.717) is 6.04 Å². The van der Waals surface area contributed by atoms with Crippen molar-refractivity contribution in [3.63, 3.8) is 0 Å². The molecule has 0 saturated carbocycles. The minimum Gasteiger partial charge on any atom is -0.505 e. The first-order chi connectivity index (χ1) is 7.79. The third-order valence-corrected chi connectivity index (χ3v) is 3.13. The van der Waals surface area contributed by atoms with Crippen LogP contribution < -0.4 is 0 Å². The van der Waals surface area contributed by atoms with Gasteiger partial charge < -0.3 is 14.7 Å². The summed E-state index contributed by atoms with van der Waals surface area (Å²) >= 11 is 0. The lowest BCUT2D eigenvalue weighted by molar-refractivity contribution is 0.119. The van der Waals surface area contributed by atoms with Crippen LogP contribution in [0.15, 0.2) is 12.4 Å². The Morgan fingerprint density at radius 2 is 2.25 bits per heavy atom. The maximum absolute atomic E-state index is 9.24. The molecule has 0 spiro atoms. The van der Waals surface area contributed by atoms with Gasteiger partial charge in [-0.1, -0.05) is 0 Å². The second-order valence-electron chi connectivity index (χ2n) is 4.24. The average molecular weight is 225 g/mol. The average Bonchev–Trinajstić information content (AvgIpc) is 2.74. The molecule has 0 bridgehead atoms. The first-order valence-corrected chi connectivity index (χ1v) is 5.74. The molecule has 2 heterocycles. The summed E-state index contributed by atoms with van der Waals surface area (Å²) in [5.41, 5.74) is 0. The molecule has 0 unspecified atom stereocenters. The first-order valence-electron chi connectivity index (χ1n) is 5.74. The number of nitrogens with zero attached hydrogens (tertiary/aromatic N) is 3. The number of piperidine rings is 1. The van der Waals surface area contributed by atoms with Gasteiger partial charge in [0.05, 0.1) is 25.0 Å². The zero-order chi connectivity index (χ0) is 11.4. The van der Waals surface area contributed by atoms with E-state index < -0.39 is 0 Å². The van der Waals surface area contributed by atoms with Crippen molar-refractivity contribution in [2.24, 2.45) is 0 Å². The molecule has 0 aliphatic carbocycles. The Hall–Kier alpha value is -1.07. The van der Waals surface area contributed by atoms with Gasteiger partial charge in [-0.15, -0.1) is 0 Å². The van der Waals surface area contributed by atoms with Crippen molar-refractivity contribution in [2.45, 2.75) is 18.9 Å². The molecule has 5 nitrogen and oxygen atoms in total. The maximum Gasteiger partial charge on any atom is 0.153 e. The third kappa shape index (κ3) is 2.74.